The molecule has 0 saturated carbocycles. The van der Waals surface area contributed by atoms with E-state index in [0.29, 0.717) is 6.10 Å². The molecule has 17 heavy (non-hydrogen) atoms. The summed E-state index contributed by atoms with van der Waals surface area (Å²) in [5, 5.41) is 9.10. The number of aliphatic hydroxyl groups is 1. The van der Waals surface area contributed by atoms with Crippen molar-refractivity contribution >= 4 is 5.82 Å². The van der Waals surface area contributed by atoms with Crippen LogP contribution < -0.4 is 4.90 Å². The Kier molecular flexibility index (Phi) is 3.97. The van der Waals surface area contributed by atoms with Gasteiger partial charge in [-0.3, -0.25) is 0 Å². The molecule has 2 heterocycles. The molecule has 1 aliphatic rings. The molecule has 1 atom stereocenters. The number of anilines is 1. The quantitative estimate of drug-likeness (QED) is 0.860. The maximum atomic E-state index is 9.10. The van der Waals surface area contributed by atoms with Gasteiger partial charge in [0.05, 0.1) is 12.7 Å². The molecule has 0 amide bonds. The molecule has 1 saturated heterocycles. The number of ether oxygens (including phenoxy) is 1. The summed E-state index contributed by atoms with van der Waals surface area (Å²) in [6.45, 7) is 3.74. The van der Waals surface area contributed by atoms with Crippen LogP contribution in [0.3, 0.4) is 0 Å². The first-order chi connectivity index (χ1) is 8.20. The minimum absolute atomic E-state index is 0.0502. The predicted molar refractivity (Wildman–Crippen MR) is 67.1 cm³/mol. The molecule has 0 radical (unpaired) electrons. The van der Waals surface area contributed by atoms with Crippen molar-refractivity contribution in [2.75, 3.05) is 25.1 Å². The molecular formula is C13H20N2O2. The molecule has 2 rings (SSSR count). The first-order valence-electron chi connectivity index (χ1n) is 6.11. The van der Waals surface area contributed by atoms with E-state index in [1.807, 2.05) is 26.1 Å². The first kappa shape index (κ1) is 12.3. The van der Waals surface area contributed by atoms with Gasteiger partial charge in [-0.1, -0.05) is 6.07 Å². The van der Waals surface area contributed by atoms with E-state index in [0.717, 1.165) is 43.1 Å². The molecule has 1 fully saturated rings. The van der Waals surface area contributed by atoms with E-state index < -0.39 is 0 Å². The number of nitrogens with zero attached hydrogens (tertiary/aromatic N) is 2. The average Bonchev–Trinajstić information content (AvgIpc) is 2.81. The lowest BCUT2D eigenvalue weighted by molar-refractivity contribution is 0.116. The summed E-state index contributed by atoms with van der Waals surface area (Å²) >= 11 is 0. The summed E-state index contributed by atoms with van der Waals surface area (Å²) in [4.78, 5) is 6.61. The predicted octanol–water partition coefficient (Wildman–Crippen LogP) is 1.50. The van der Waals surface area contributed by atoms with E-state index in [9.17, 15) is 0 Å². The molecule has 0 aliphatic carbocycles. The number of aryl methyl sites for hydroxylation is 1. The van der Waals surface area contributed by atoms with Gasteiger partial charge in [-0.2, -0.15) is 0 Å². The highest BCUT2D eigenvalue weighted by Crippen LogP contribution is 2.18. The van der Waals surface area contributed by atoms with Gasteiger partial charge in [-0.15, -0.1) is 0 Å². The van der Waals surface area contributed by atoms with Crippen LogP contribution in [0.25, 0.3) is 0 Å². The third-order valence-electron chi connectivity index (χ3n) is 3.24. The smallest absolute Gasteiger partial charge is 0.128 e. The third-order valence-corrected chi connectivity index (χ3v) is 3.24. The third kappa shape index (κ3) is 2.96. The van der Waals surface area contributed by atoms with Gasteiger partial charge in [0, 0.05) is 25.9 Å². The van der Waals surface area contributed by atoms with Gasteiger partial charge in [-0.25, -0.2) is 4.98 Å². The van der Waals surface area contributed by atoms with Crippen LogP contribution in [0.2, 0.25) is 0 Å². The van der Waals surface area contributed by atoms with Crippen LogP contribution in [-0.2, 0) is 11.3 Å². The van der Waals surface area contributed by atoms with E-state index in [4.69, 9.17) is 9.84 Å². The highest BCUT2D eigenvalue weighted by molar-refractivity contribution is 5.40. The Morgan fingerprint density at radius 3 is 2.94 bits per heavy atom. The standard InChI is InChI=1S/C13H20N2O2/c1-10-11(9-16)5-6-13(14-10)15(2)8-12-4-3-7-17-12/h5-6,12,16H,3-4,7-9H2,1-2H3. The molecule has 1 N–H and O–H groups in total. The van der Waals surface area contributed by atoms with Crippen molar-refractivity contribution in [2.24, 2.45) is 0 Å². The van der Waals surface area contributed by atoms with Crippen molar-refractivity contribution in [3.8, 4) is 0 Å². The van der Waals surface area contributed by atoms with Crippen LogP contribution in [0, 0.1) is 6.92 Å². The van der Waals surface area contributed by atoms with Crippen molar-refractivity contribution in [3.05, 3.63) is 23.4 Å². The number of aliphatic hydroxyl groups excluding tert-OH is 1. The second kappa shape index (κ2) is 5.47. The monoisotopic (exact) mass is 236 g/mol. The molecule has 1 aromatic heterocycles. The van der Waals surface area contributed by atoms with Gasteiger partial charge in [0.25, 0.3) is 0 Å². The number of hydrogen-bond donors (Lipinski definition) is 1. The van der Waals surface area contributed by atoms with Crippen molar-refractivity contribution in [2.45, 2.75) is 32.5 Å². The Morgan fingerprint density at radius 2 is 2.35 bits per heavy atom. The lowest BCUT2D eigenvalue weighted by Gasteiger charge is -2.22. The molecule has 1 unspecified atom stereocenters. The molecule has 94 valence electrons. The summed E-state index contributed by atoms with van der Waals surface area (Å²) in [5.41, 5.74) is 1.78. The lowest BCUT2D eigenvalue weighted by Crippen LogP contribution is -2.29. The second-order valence-electron chi connectivity index (χ2n) is 4.59. The Hall–Kier alpha value is -1.13. The molecule has 0 spiro atoms. The van der Waals surface area contributed by atoms with E-state index in [2.05, 4.69) is 9.88 Å². The molecule has 1 aromatic rings. The largest absolute Gasteiger partial charge is 0.392 e. The van der Waals surface area contributed by atoms with E-state index >= 15 is 0 Å². The summed E-state index contributed by atoms with van der Waals surface area (Å²) in [6.07, 6.45) is 2.63. The van der Waals surface area contributed by atoms with Gasteiger partial charge in [-0.05, 0) is 31.4 Å². The highest BCUT2D eigenvalue weighted by atomic mass is 16.5. The molecule has 0 bridgehead atoms. The number of likely N-dealkylation sites (N-methyl/N-ethyl adjacent to an activating group) is 1. The minimum atomic E-state index is 0.0502. The van der Waals surface area contributed by atoms with Crippen LogP contribution in [0.5, 0.6) is 0 Å². The Balaban J connectivity index is 2.02. The van der Waals surface area contributed by atoms with Crippen molar-refractivity contribution < 1.29 is 9.84 Å². The summed E-state index contributed by atoms with van der Waals surface area (Å²) in [7, 11) is 2.03. The first-order valence-corrected chi connectivity index (χ1v) is 6.11. The zero-order valence-corrected chi connectivity index (χ0v) is 10.5. The van der Waals surface area contributed by atoms with Gasteiger partial charge >= 0.3 is 0 Å². The van der Waals surface area contributed by atoms with Gasteiger partial charge in [0.15, 0.2) is 0 Å². The van der Waals surface area contributed by atoms with E-state index in [1.165, 1.54) is 0 Å². The number of hydrogen-bond acceptors (Lipinski definition) is 4. The van der Waals surface area contributed by atoms with E-state index in [-0.39, 0.29) is 6.61 Å². The van der Waals surface area contributed by atoms with Crippen LogP contribution in [0.4, 0.5) is 5.82 Å². The molecule has 1 aliphatic heterocycles. The molecule has 4 nitrogen and oxygen atoms in total. The fourth-order valence-electron chi connectivity index (χ4n) is 2.14. The van der Waals surface area contributed by atoms with Crippen LogP contribution >= 0.6 is 0 Å². The Labute approximate surface area is 102 Å². The zero-order chi connectivity index (χ0) is 12.3. The topological polar surface area (TPSA) is 45.6 Å². The Bertz CT molecular complexity index is 376. The summed E-state index contributed by atoms with van der Waals surface area (Å²) < 4.78 is 5.61. The molecular weight excluding hydrogens is 216 g/mol. The van der Waals surface area contributed by atoms with Crippen molar-refractivity contribution in [1.29, 1.82) is 0 Å². The summed E-state index contributed by atoms with van der Waals surface area (Å²) in [5.74, 6) is 0.940. The van der Waals surface area contributed by atoms with Crippen LogP contribution in [-0.4, -0.2) is 36.4 Å². The fourth-order valence-corrected chi connectivity index (χ4v) is 2.14. The van der Waals surface area contributed by atoms with E-state index in [1.54, 1.807) is 0 Å². The fraction of sp³-hybridized carbons (Fsp3) is 0.615. The number of rotatable bonds is 4. The maximum absolute atomic E-state index is 9.10. The van der Waals surface area contributed by atoms with Gasteiger partial charge in [0.2, 0.25) is 0 Å². The highest BCUT2D eigenvalue weighted by Gasteiger charge is 2.18. The molecule has 0 aromatic carbocycles. The molecule has 4 heteroatoms. The number of aromatic nitrogens is 1. The van der Waals surface area contributed by atoms with Crippen LogP contribution in [0.1, 0.15) is 24.1 Å². The normalized spacial score (nSPS) is 19.6. The van der Waals surface area contributed by atoms with Crippen LogP contribution in [0.15, 0.2) is 12.1 Å². The minimum Gasteiger partial charge on any atom is -0.392 e. The SMILES string of the molecule is Cc1nc(N(C)CC2CCCO2)ccc1CO. The Morgan fingerprint density at radius 1 is 1.53 bits per heavy atom. The summed E-state index contributed by atoms with van der Waals surface area (Å²) in [6, 6.07) is 3.89. The van der Waals surface area contributed by atoms with Gasteiger partial charge < -0.3 is 14.7 Å². The number of pyridine rings is 1. The second-order valence-corrected chi connectivity index (χ2v) is 4.59. The van der Waals surface area contributed by atoms with Crippen molar-refractivity contribution in [3.63, 3.8) is 0 Å². The zero-order valence-electron chi connectivity index (χ0n) is 10.5. The van der Waals surface area contributed by atoms with Gasteiger partial charge in [0.1, 0.15) is 5.82 Å². The maximum Gasteiger partial charge on any atom is 0.128 e. The van der Waals surface area contributed by atoms with Crippen molar-refractivity contribution in [1.82, 2.24) is 4.98 Å². The lowest BCUT2D eigenvalue weighted by atomic mass is 10.2. The average molecular weight is 236 g/mol.